The molecule has 0 atom stereocenters. The Kier molecular flexibility index (Phi) is 4.96. The van der Waals surface area contributed by atoms with E-state index in [1.165, 1.54) is 12.1 Å². The van der Waals surface area contributed by atoms with Crippen LogP contribution in [0.4, 0.5) is 4.39 Å². The first kappa shape index (κ1) is 18.7. The minimum absolute atomic E-state index is 0.127. The van der Waals surface area contributed by atoms with Gasteiger partial charge in [-0.05, 0) is 44.0 Å². The minimum atomic E-state index is -3.08. The van der Waals surface area contributed by atoms with Crippen molar-refractivity contribution >= 4 is 26.7 Å². The molecule has 2 aromatic rings. The summed E-state index contributed by atoms with van der Waals surface area (Å²) < 4.78 is 37.0. The molecule has 1 aromatic carbocycles. The number of benzene rings is 1. The Morgan fingerprint density at radius 3 is 2.88 bits per heavy atom. The summed E-state index contributed by atoms with van der Waals surface area (Å²) in [5.41, 5.74) is 1.94. The molecule has 1 fully saturated rings. The molecule has 1 aliphatic heterocycles. The molecule has 0 bridgehead atoms. The highest BCUT2D eigenvalue weighted by Crippen LogP contribution is 2.24. The maximum Gasteiger partial charge on any atom is 0.193 e. The van der Waals surface area contributed by atoms with Gasteiger partial charge in [-0.1, -0.05) is 0 Å². The van der Waals surface area contributed by atoms with E-state index in [1.54, 1.807) is 27.0 Å². The van der Waals surface area contributed by atoms with Crippen molar-refractivity contribution in [3.05, 3.63) is 35.8 Å². The number of hydrogen-bond donors (Lipinski definition) is 2. The van der Waals surface area contributed by atoms with E-state index in [9.17, 15) is 12.8 Å². The number of guanidine groups is 1. The summed E-state index contributed by atoms with van der Waals surface area (Å²) in [6.07, 6.45) is 2.60. The molecule has 1 aliphatic rings. The average Bonchev–Trinajstić information content (AvgIpc) is 2.97. The lowest BCUT2D eigenvalue weighted by atomic mass is 10.1. The van der Waals surface area contributed by atoms with E-state index in [1.807, 2.05) is 11.1 Å². The van der Waals surface area contributed by atoms with E-state index in [2.05, 4.69) is 15.3 Å². The third-order valence-corrected chi connectivity index (χ3v) is 7.49. The molecule has 26 heavy (non-hydrogen) atoms. The van der Waals surface area contributed by atoms with E-state index in [0.717, 1.165) is 16.5 Å². The Labute approximate surface area is 153 Å². The molecule has 1 saturated heterocycles. The van der Waals surface area contributed by atoms with E-state index in [-0.39, 0.29) is 11.6 Å². The monoisotopic (exact) mass is 380 g/mol. The molecule has 0 unspecified atom stereocenters. The lowest BCUT2D eigenvalue weighted by molar-refractivity contribution is 0.353. The first-order valence-corrected chi connectivity index (χ1v) is 10.3. The third kappa shape index (κ3) is 3.56. The van der Waals surface area contributed by atoms with Gasteiger partial charge in [-0.3, -0.25) is 4.99 Å². The van der Waals surface area contributed by atoms with Crippen LogP contribution in [0.3, 0.4) is 0 Å². The first-order chi connectivity index (χ1) is 12.2. The fourth-order valence-corrected chi connectivity index (χ4v) is 4.69. The molecule has 2 heterocycles. The number of sulfone groups is 1. The van der Waals surface area contributed by atoms with Crippen LogP contribution in [0.5, 0.6) is 0 Å². The van der Waals surface area contributed by atoms with Crippen molar-refractivity contribution in [2.75, 3.05) is 32.4 Å². The molecule has 0 amide bonds. The summed E-state index contributed by atoms with van der Waals surface area (Å²) in [5.74, 6) is 0.570. The maximum atomic E-state index is 13.5. The highest BCUT2D eigenvalue weighted by atomic mass is 32.2. The molecule has 0 aliphatic carbocycles. The number of aromatic amines is 1. The Morgan fingerprint density at radius 1 is 1.42 bits per heavy atom. The van der Waals surface area contributed by atoms with Crippen molar-refractivity contribution in [2.24, 2.45) is 4.99 Å². The zero-order chi connectivity index (χ0) is 18.9. The molecule has 142 valence electrons. The standard InChI is InChI=1S/C18H25FN4O2S/c1-18(2)12-23(8-9-26(18,24)25)17(20-3)21-7-6-13-11-22-16-5-4-14(19)10-15(13)16/h4-5,10-11,22H,6-9,12H2,1-3H3,(H,20,21). The van der Waals surface area contributed by atoms with Gasteiger partial charge < -0.3 is 15.2 Å². The van der Waals surface area contributed by atoms with Crippen molar-refractivity contribution in [2.45, 2.75) is 25.0 Å². The van der Waals surface area contributed by atoms with E-state index >= 15 is 0 Å². The van der Waals surface area contributed by atoms with Crippen molar-refractivity contribution in [3.8, 4) is 0 Å². The lowest BCUT2D eigenvalue weighted by Crippen LogP contribution is -2.57. The predicted octanol–water partition coefficient (Wildman–Crippen LogP) is 1.93. The van der Waals surface area contributed by atoms with Crippen LogP contribution < -0.4 is 5.32 Å². The maximum absolute atomic E-state index is 13.5. The molecule has 6 nitrogen and oxygen atoms in total. The number of H-pyrrole nitrogens is 1. The van der Waals surface area contributed by atoms with E-state index in [0.29, 0.717) is 32.0 Å². The SMILES string of the molecule is CN=C(NCCc1c[nH]c2ccc(F)cc12)N1CCS(=O)(=O)C(C)(C)C1. The Morgan fingerprint density at radius 2 is 2.19 bits per heavy atom. The number of nitrogens with one attached hydrogen (secondary N) is 2. The number of aromatic nitrogens is 1. The Bertz CT molecular complexity index is 934. The molecule has 0 radical (unpaired) electrons. The van der Waals surface area contributed by atoms with Crippen molar-refractivity contribution in [1.82, 2.24) is 15.2 Å². The van der Waals surface area contributed by atoms with Gasteiger partial charge in [-0.15, -0.1) is 0 Å². The average molecular weight is 380 g/mol. The summed E-state index contributed by atoms with van der Waals surface area (Å²) in [6.45, 7) is 4.97. The molecule has 0 saturated carbocycles. The van der Waals surface area contributed by atoms with E-state index in [4.69, 9.17) is 0 Å². The van der Waals surface area contributed by atoms with Crippen LogP contribution in [0.25, 0.3) is 10.9 Å². The van der Waals surface area contributed by atoms with Crippen LogP contribution in [0.1, 0.15) is 19.4 Å². The zero-order valence-corrected chi connectivity index (χ0v) is 16.2. The van der Waals surface area contributed by atoms with Crippen molar-refractivity contribution in [3.63, 3.8) is 0 Å². The third-order valence-electron chi connectivity index (χ3n) is 4.96. The van der Waals surface area contributed by atoms with Gasteiger partial charge in [-0.2, -0.15) is 0 Å². The first-order valence-electron chi connectivity index (χ1n) is 8.67. The highest BCUT2D eigenvalue weighted by Gasteiger charge is 2.40. The molecule has 8 heteroatoms. The lowest BCUT2D eigenvalue weighted by Gasteiger charge is -2.39. The fraction of sp³-hybridized carbons (Fsp3) is 0.500. The van der Waals surface area contributed by atoms with Gasteiger partial charge in [0.2, 0.25) is 0 Å². The smallest absolute Gasteiger partial charge is 0.193 e. The number of fused-ring (bicyclic) bond motifs is 1. The summed E-state index contributed by atoms with van der Waals surface area (Å²) in [7, 11) is -1.39. The zero-order valence-electron chi connectivity index (χ0n) is 15.3. The summed E-state index contributed by atoms with van der Waals surface area (Å²) >= 11 is 0. The number of nitrogens with zero attached hydrogens (tertiary/aromatic N) is 2. The molecule has 2 N–H and O–H groups in total. The van der Waals surface area contributed by atoms with Gasteiger partial charge in [0.25, 0.3) is 0 Å². The largest absolute Gasteiger partial charge is 0.361 e. The highest BCUT2D eigenvalue weighted by molar-refractivity contribution is 7.92. The van der Waals surface area contributed by atoms with Crippen molar-refractivity contribution < 1.29 is 12.8 Å². The second-order valence-electron chi connectivity index (χ2n) is 7.23. The molecular weight excluding hydrogens is 355 g/mol. The van der Waals surface area contributed by atoms with Crippen LogP contribution in [0.2, 0.25) is 0 Å². The summed E-state index contributed by atoms with van der Waals surface area (Å²) in [5, 5.41) is 4.18. The van der Waals surface area contributed by atoms with Gasteiger partial charge >= 0.3 is 0 Å². The van der Waals surface area contributed by atoms with Crippen molar-refractivity contribution in [1.29, 1.82) is 0 Å². The van der Waals surface area contributed by atoms with Crippen LogP contribution in [-0.4, -0.2) is 61.4 Å². The second kappa shape index (κ2) is 6.90. The van der Waals surface area contributed by atoms with Gasteiger partial charge in [0.1, 0.15) is 5.82 Å². The summed E-state index contributed by atoms with van der Waals surface area (Å²) in [6, 6.07) is 4.71. The molecule has 1 aromatic heterocycles. The Balaban J connectivity index is 1.64. The van der Waals surface area contributed by atoms with E-state index < -0.39 is 14.6 Å². The topological polar surface area (TPSA) is 77.6 Å². The molecule has 0 spiro atoms. The van der Waals surface area contributed by atoms with Crippen LogP contribution in [-0.2, 0) is 16.3 Å². The fourth-order valence-electron chi connectivity index (χ4n) is 3.32. The number of hydrogen-bond acceptors (Lipinski definition) is 3. The van der Waals surface area contributed by atoms with Crippen LogP contribution in [0, 0.1) is 5.82 Å². The van der Waals surface area contributed by atoms with Gasteiger partial charge in [0.05, 0.1) is 10.5 Å². The number of aliphatic imine (C=N–C) groups is 1. The predicted molar refractivity (Wildman–Crippen MR) is 103 cm³/mol. The van der Waals surface area contributed by atoms with Gasteiger partial charge in [-0.25, -0.2) is 12.8 Å². The molecule has 3 rings (SSSR count). The minimum Gasteiger partial charge on any atom is -0.361 e. The van der Waals surface area contributed by atoms with Gasteiger partial charge in [0.15, 0.2) is 15.8 Å². The summed E-state index contributed by atoms with van der Waals surface area (Å²) in [4.78, 5) is 9.42. The quantitative estimate of drug-likeness (QED) is 0.630. The Hall–Kier alpha value is -2.09. The molecular formula is C18H25FN4O2S. The normalized spacial score (nSPS) is 19.7. The van der Waals surface area contributed by atoms with Crippen LogP contribution >= 0.6 is 0 Å². The number of rotatable bonds is 3. The van der Waals surface area contributed by atoms with Gasteiger partial charge in [0, 0.05) is 43.8 Å². The number of halogens is 1. The second-order valence-corrected chi connectivity index (χ2v) is 9.97. The van der Waals surface area contributed by atoms with Crippen LogP contribution in [0.15, 0.2) is 29.4 Å².